The molecule has 2 N–H and O–H groups in total. The summed E-state index contributed by atoms with van der Waals surface area (Å²) in [6, 6.07) is 8.77. The van der Waals surface area contributed by atoms with Crippen LogP contribution in [0.2, 0.25) is 5.02 Å². The first-order valence-corrected chi connectivity index (χ1v) is 6.39. The average Bonchev–Trinajstić information content (AvgIpc) is 2.80. The molecule has 19 heavy (non-hydrogen) atoms. The van der Waals surface area contributed by atoms with Crippen molar-refractivity contribution in [2.75, 3.05) is 5.32 Å². The van der Waals surface area contributed by atoms with E-state index in [0.29, 0.717) is 28.5 Å². The second-order valence-electron chi connectivity index (χ2n) is 4.10. The number of hydrogen-bond donors (Lipinski definition) is 2. The van der Waals surface area contributed by atoms with Crippen molar-refractivity contribution >= 4 is 23.2 Å². The van der Waals surface area contributed by atoms with Gasteiger partial charge in [0.2, 0.25) is 0 Å². The van der Waals surface area contributed by atoms with Crippen LogP contribution in [0.1, 0.15) is 23.0 Å². The number of aliphatic hydroxyl groups is 1. The van der Waals surface area contributed by atoms with Gasteiger partial charge in [0.1, 0.15) is 5.69 Å². The number of hydrogen-bond acceptors (Lipinski definition) is 2. The van der Waals surface area contributed by atoms with Gasteiger partial charge >= 0.3 is 0 Å². The van der Waals surface area contributed by atoms with E-state index < -0.39 is 0 Å². The molecule has 0 unspecified atom stereocenters. The number of aromatic nitrogens is 1. The van der Waals surface area contributed by atoms with Crippen molar-refractivity contribution < 1.29 is 9.90 Å². The number of anilines is 1. The highest BCUT2D eigenvalue weighted by Gasteiger charge is 2.13. The maximum absolute atomic E-state index is 12.2. The number of aryl methyl sites for hydroxylation is 1. The van der Waals surface area contributed by atoms with Gasteiger partial charge in [-0.3, -0.25) is 4.79 Å². The van der Waals surface area contributed by atoms with Crippen LogP contribution in [0.3, 0.4) is 0 Å². The minimum absolute atomic E-state index is 0.119. The minimum Gasteiger partial charge on any atom is -0.392 e. The molecule has 1 aromatic carbocycles. The van der Waals surface area contributed by atoms with Crippen molar-refractivity contribution in [3.63, 3.8) is 0 Å². The van der Waals surface area contributed by atoms with Crippen LogP contribution in [0.15, 0.2) is 36.5 Å². The van der Waals surface area contributed by atoms with E-state index in [2.05, 4.69) is 5.32 Å². The predicted octanol–water partition coefficient (Wildman–Crippen LogP) is 2.91. The highest BCUT2D eigenvalue weighted by molar-refractivity contribution is 6.31. The number of nitrogens with one attached hydrogen (secondary N) is 1. The summed E-state index contributed by atoms with van der Waals surface area (Å²) in [5.74, 6) is -0.241. The topological polar surface area (TPSA) is 54.3 Å². The van der Waals surface area contributed by atoms with Crippen LogP contribution in [0.5, 0.6) is 0 Å². The van der Waals surface area contributed by atoms with Crippen LogP contribution in [0.4, 0.5) is 5.69 Å². The van der Waals surface area contributed by atoms with Gasteiger partial charge in [-0.2, -0.15) is 0 Å². The van der Waals surface area contributed by atoms with Crippen LogP contribution in [-0.2, 0) is 13.2 Å². The van der Waals surface area contributed by atoms with Crippen LogP contribution in [0.25, 0.3) is 0 Å². The van der Waals surface area contributed by atoms with Gasteiger partial charge in [0, 0.05) is 24.0 Å². The molecule has 0 atom stereocenters. The number of nitrogens with zero attached hydrogens (tertiary/aromatic N) is 1. The Labute approximate surface area is 116 Å². The maximum atomic E-state index is 12.2. The van der Waals surface area contributed by atoms with E-state index in [0.717, 1.165) is 0 Å². The van der Waals surface area contributed by atoms with E-state index in [1.54, 1.807) is 35.0 Å². The number of carbonyl (C=O) groups excluding carboxylic acids is 1. The smallest absolute Gasteiger partial charge is 0.272 e. The molecular formula is C14H15ClN2O2. The Morgan fingerprint density at radius 2 is 2.16 bits per heavy atom. The van der Waals surface area contributed by atoms with E-state index in [-0.39, 0.29) is 12.5 Å². The molecule has 4 nitrogen and oxygen atoms in total. The van der Waals surface area contributed by atoms with Crippen LogP contribution < -0.4 is 5.32 Å². The molecule has 1 aromatic heterocycles. The fraction of sp³-hybridized carbons (Fsp3) is 0.214. The molecule has 0 fully saturated rings. The van der Waals surface area contributed by atoms with E-state index in [1.165, 1.54) is 0 Å². The lowest BCUT2D eigenvalue weighted by molar-refractivity contribution is 0.101. The molecule has 0 radical (unpaired) electrons. The highest BCUT2D eigenvalue weighted by Crippen LogP contribution is 2.18. The fourth-order valence-electron chi connectivity index (χ4n) is 1.89. The summed E-state index contributed by atoms with van der Waals surface area (Å²) in [6.45, 7) is 2.48. The number of aliphatic hydroxyl groups excluding tert-OH is 1. The van der Waals surface area contributed by atoms with Crippen molar-refractivity contribution in [1.82, 2.24) is 4.57 Å². The zero-order valence-electron chi connectivity index (χ0n) is 10.6. The molecular weight excluding hydrogens is 264 g/mol. The molecule has 5 heteroatoms. The summed E-state index contributed by atoms with van der Waals surface area (Å²) in [4.78, 5) is 12.2. The molecule has 2 aromatic rings. The first-order valence-electron chi connectivity index (χ1n) is 6.01. The van der Waals surface area contributed by atoms with Gasteiger partial charge in [-0.15, -0.1) is 0 Å². The van der Waals surface area contributed by atoms with Crippen molar-refractivity contribution in [3.8, 4) is 0 Å². The molecule has 0 aliphatic carbocycles. The third-order valence-corrected chi connectivity index (χ3v) is 3.08. The van der Waals surface area contributed by atoms with Gasteiger partial charge in [0.25, 0.3) is 5.91 Å². The Kier molecular flexibility index (Phi) is 4.24. The molecule has 0 aliphatic rings. The van der Waals surface area contributed by atoms with Gasteiger partial charge in [-0.05, 0) is 19.1 Å². The lowest BCUT2D eigenvalue weighted by atomic mass is 10.2. The van der Waals surface area contributed by atoms with Gasteiger partial charge in [0.05, 0.1) is 11.6 Å². The third-order valence-electron chi connectivity index (χ3n) is 2.87. The second-order valence-corrected chi connectivity index (χ2v) is 4.54. The maximum Gasteiger partial charge on any atom is 0.272 e. The zero-order valence-corrected chi connectivity index (χ0v) is 11.3. The second kappa shape index (κ2) is 5.91. The fourth-order valence-corrected chi connectivity index (χ4v) is 2.11. The lowest BCUT2D eigenvalue weighted by Gasteiger charge is -2.10. The summed E-state index contributed by atoms with van der Waals surface area (Å²) in [5, 5.41) is 12.5. The zero-order chi connectivity index (χ0) is 13.8. The summed E-state index contributed by atoms with van der Waals surface area (Å²) >= 11 is 5.91. The van der Waals surface area contributed by atoms with Crippen molar-refractivity contribution in [2.45, 2.75) is 20.1 Å². The number of rotatable bonds is 4. The standard InChI is InChI=1S/C14H15ClN2O2/c1-2-17-8-11(15)7-13(17)14(19)16-12-6-4-3-5-10(12)9-18/h3-8,18H,2,9H2,1H3,(H,16,19). The Morgan fingerprint density at radius 3 is 2.84 bits per heavy atom. The molecule has 0 saturated carbocycles. The molecule has 1 heterocycles. The Morgan fingerprint density at radius 1 is 1.42 bits per heavy atom. The number of para-hydroxylation sites is 1. The van der Waals surface area contributed by atoms with Gasteiger partial charge in [0.15, 0.2) is 0 Å². The Balaban J connectivity index is 2.25. The van der Waals surface area contributed by atoms with E-state index >= 15 is 0 Å². The summed E-state index contributed by atoms with van der Waals surface area (Å²) in [5.41, 5.74) is 1.78. The Hall–Kier alpha value is -1.78. The van der Waals surface area contributed by atoms with Gasteiger partial charge in [-0.25, -0.2) is 0 Å². The number of carbonyl (C=O) groups is 1. The first-order chi connectivity index (χ1) is 9.15. The Bertz CT molecular complexity index is 593. The van der Waals surface area contributed by atoms with E-state index in [9.17, 15) is 9.90 Å². The van der Waals surface area contributed by atoms with E-state index in [1.807, 2.05) is 13.0 Å². The molecule has 100 valence electrons. The summed E-state index contributed by atoms with van der Waals surface area (Å²) in [7, 11) is 0. The summed E-state index contributed by atoms with van der Waals surface area (Å²) < 4.78 is 1.78. The molecule has 2 rings (SSSR count). The van der Waals surface area contributed by atoms with Gasteiger partial charge < -0.3 is 15.0 Å². The predicted molar refractivity (Wildman–Crippen MR) is 75.4 cm³/mol. The molecule has 0 aliphatic heterocycles. The van der Waals surface area contributed by atoms with Crippen molar-refractivity contribution in [2.24, 2.45) is 0 Å². The van der Waals surface area contributed by atoms with Crippen molar-refractivity contribution in [3.05, 3.63) is 52.8 Å². The van der Waals surface area contributed by atoms with Crippen molar-refractivity contribution in [1.29, 1.82) is 0 Å². The monoisotopic (exact) mass is 278 g/mol. The molecule has 0 saturated heterocycles. The largest absolute Gasteiger partial charge is 0.392 e. The number of halogens is 1. The average molecular weight is 279 g/mol. The lowest BCUT2D eigenvalue weighted by Crippen LogP contribution is -2.17. The minimum atomic E-state index is -0.241. The number of benzene rings is 1. The highest BCUT2D eigenvalue weighted by atomic mass is 35.5. The molecule has 1 amide bonds. The number of amides is 1. The first kappa shape index (κ1) is 13.6. The van der Waals surface area contributed by atoms with Gasteiger partial charge in [-0.1, -0.05) is 29.8 Å². The summed E-state index contributed by atoms with van der Waals surface area (Å²) in [6.07, 6.45) is 1.72. The quantitative estimate of drug-likeness (QED) is 0.903. The molecule has 0 bridgehead atoms. The van der Waals surface area contributed by atoms with Crippen LogP contribution >= 0.6 is 11.6 Å². The third kappa shape index (κ3) is 2.97. The van der Waals surface area contributed by atoms with Crippen LogP contribution in [-0.4, -0.2) is 15.6 Å². The normalized spacial score (nSPS) is 10.5. The SMILES string of the molecule is CCn1cc(Cl)cc1C(=O)Nc1ccccc1CO. The van der Waals surface area contributed by atoms with Crippen LogP contribution in [0, 0.1) is 0 Å². The molecule has 0 spiro atoms. The van der Waals surface area contributed by atoms with E-state index in [4.69, 9.17) is 11.6 Å².